The summed E-state index contributed by atoms with van der Waals surface area (Å²) in [4.78, 5) is 24.9. The molecular weight excluding hydrogens is 388 g/mol. The van der Waals surface area contributed by atoms with E-state index in [2.05, 4.69) is 10.6 Å². The van der Waals surface area contributed by atoms with Gasteiger partial charge >= 0.3 is 0 Å². The predicted molar refractivity (Wildman–Crippen MR) is 122 cm³/mol. The Morgan fingerprint density at radius 2 is 1.52 bits per heavy atom. The van der Waals surface area contributed by atoms with Crippen LogP contribution in [-0.2, 0) is 0 Å². The summed E-state index contributed by atoms with van der Waals surface area (Å²) in [7, 11) is 1.58. The van der Waals surface area contributed by atoms with Gasteiger partial charge in [-0.1, -0.05) is 48.0 Å². The molecule has 1 heterocycles. The summed E-state index contributed by atoms with van der Waals surface area (Å²) >= 11 is 0. The van der Waals surface area contributed by atoms with Crippen LogP contribution in [0.25, 0.3) is 16.9 Å². The second-order valence-electron chi connectivity index (χ2n) is 7.15. The van der Waals surface area contributed by atoms with E-state index in [1.165, 1.54) is 0 Å². The van der Waals surface area contributed by atoms with Crippen molar-refractivity contribution < 1.29 is 9.59 Å². The van der Waals surface area contributed by atoms with E-state index >= 15 is 0 Å². The third-order valence-corrected chi connectivity index (χ3v) is 4.94. The first-order valence-corrected chi connectivity index (χ1v) is 9.91. The fourth-order valence-corrected chi connectivity index (χ4v) is 3.23. The Morgan fingerprint density at radius 3 is 2.16 bits per heavy atom. The van der Waals surface area contributed by atoms with Gasteiger partial charge in [-0.25, -0.2) is 4.68 Å². The van der Waals surface area contributed by atoms with Gasteiger partial charge in [-0.3, -0.25) is 9.59 Å². The van der Waals surface area contributed by atoms with E-state index in [1.54, 1.807) is 42.2 Å². The topological polar surface area (TPSA) is 76.0 Å². The van der Waals surface area contributed by atoms with Crippen molar-refractivity contribution >= 4 is 17.5 Å². The zero-order valence-electron chi connectivity index (χ0n) is 17.3. The van der Waals surface area contributed by atoms with Crippen LogP contribution in [0.1, 0.15) is 26.3 Å². The Kier molecular flexibility index (Phi) is 5.62. The van der Waals surface area contributed by atoms with Gasteiger partial charge in [0.05, 0.1) is 11.3 Å². The minimum atomic E-state index is -0.273. The van der Waals surface area contributed by atoms with Crippen LogP contribution < -0.4 is 10.6 Å². The lowest BCUT2D eigenvalue weighted by molar-refractivity contribution is 0.0962. The highest BCUT2D eigenvalue weighted by molar-refractivity contribution is 6.08. The maximum Gasteiger partial charge on any atom is 0.259 e. The Balaban J connectivity index is 1.68. The molecule has 31 heavy (non-hydrogen) atoms. The number of aryl methyl sites for hydroxylation is 1. The summed E-state index contributed by atoms with van der Waals surface area (Å²) in [5.41, 5.74) is 5.06. The molecule has 0 fully saturated rings. The Bertz CT molecular complexity index is 1210. The van der Waals surface area contributed by atoms with Crippen LogP contribution in [-0.4, -0.2) is 28.6 Å². The van der Waals surface area contributed by atoms with Crippen molar-refractivity contribution in [3.05, 3.63) is 102 Å². The molecule has 0 saturated heterocycles. The molecule has 0 radical (unpaired) electrons. The van der Waals surface area contributed by atoms with Crippen LogP contribution >= 0.6 is 0 Å². The largest absolute Gasteiger partial charge is 0.355 e. The van der Waals surface area contributed by atoms with E-state index in [9.17, 15) is 9.59 Å². The number of aromatic nitrogens is 2. The molecule has 0 aliphatic carbocycles. The number of nitrogens with one attached hydrogen (secondary N) is 2. The Hall–Kier alpha value is -4.19. The molecule has 0 unspecified atom stereocenters. The van der Waals surface area contributed by atoms with Crippen molar-refractivity contribution in [3.63, 3.8) is 0 Å². The SMILES string of the molecule is CNC(=O)c1ccc(NC(=O)c2cn(-c3ccc(C)cc3)nc2-c2ccccc2)cc1. The molecule has 0 aliphatic heterocycles. The van der Waals surface area contributed by atoms with Gasteiger partial charge in [0.15, 0.2) is 0 Å². The monoisotopic (exact) mass is 410 g/mol. The van der Waals surface area contributed by atoms with Crippen molar-refractivity contribution in [1.29, 1.82) is 0 Å². The maximum absolute atomic E-state index is 13.1. The van der Waals surface area contributed by atoms with Crippen LogP contribution in [0, 0.1) is 6.92 Å². The van der Waals surface area contributed by atoms with E-state index in [4.69, 9.17) is 5.10 Å². The molecule has 4 aromatic rings. The standard InChI is InChI=1S/C25H22N4O2/c1-17-8-14-21(15-9-17)29-16-22(23(28-29)18-6-4-3-5-7-18)25(31)27-20-12-10-19(11-13-20)24(30)26-2/h3-16H,1-2H3,(H,26,30)(H,27,31). The summed E-state index contributed by atoms with van der Waals surface area (Å²) in [5.74, 6) is -0.450. The fraction of sp³-hybridized carbons (Fsp3) is 0.0800. The third-order valence-electron chi connectivity index (χ3n) is 4.94. The minimum absolute atomic E-state index is 0.177. The second-order valence-corrected chi connectivity index (χ2v) is 7.15. The molecule has 0 saturated carbocycles. The van der Waals surface area contributed by atoms with Crippen LogP contribution in [0.3, 0.4) is 0 Å². The zero-order chi connectivity index (χ0) is 21.8. The maximum atomic E-state index is 13.1. The molecule has 6 nitrogen and oxygen atoms in total. The van der Waals surface area contributed by atoms with Gasteiger partial charge in [0.1, 0.15) is 5.69 Å². The quantitative estimate of drug-likeness (QED) is 0.510. The predicted octanol–water partition coefficient (Wildman–Crippen LogP) is 4.46. The van der Waals surface area contributed by atoms with E-state index in [-0.39, 0.29) is 11.8 Å². The van der Waals surface area contributed by atoms with Gasteiger partial charge in [-0.15, -0.1) is 0 Å². The lowest BCUT2D eigenvalue weighted by atomic mass is 10.1. The van der Waals surface area contributed by atoms with Gasteiger partial charge < -0.3 is 10.6 Å². The van der Waals surface area contributed by atoms with Gasteiger partial charge in [0, 0.05) is 30.1 Å². The molecule has 4 rings (SSSR count). The minimum Gasteiger partial charge on any atom is -0.355 e. The normalized spacial score (nSPS) is 10.5. The number of carbonyl (C=O) groups is 2. The van der Waals surface area contributed by atoms with E-state index in [0.717, 1.165) is 16.8 Å². The molecule has 0 spiro atoms. The van der Waals surface area contributed by atoms with E-state index in [1.807, 2.05) is 61.5 Å². The average molecular weight is 410 g/mol. The number of benzene rings is 3. The van der Waals surface area contributed by atoms with Crippen LogP contribution in [0.2, 0.25) is 0 Å². The number of hydrogen-bond acceptors (Lipinski definition) is 3. The van der Waals surface area contributed by atoms with E-state index in [0.29, 0.717) is 22.5 Å². The molecule has 2 amide bonds. The van der Waals surface area contributed by atoms with Crippen molar-refractivity contribution in [2.45, 2.75) is 6.92 Å². The Labute approximate surface area is 180 Å². The molecule has 1 aromatic heterocycles. The first-order valence-electron chi connectivity index (χ1n) is 9.91. The number of nitrogens with zero attached hydrogens (tertiary/aromatic N) is 2. The first-order chi connectivity index (χ1) is 15.0. The van der Waals surface area contributed by atoms with Gasteiger partial charge in [0.25, 0.3) is 11.8 Å². The van der Waals surface area contributed by atoms with E-state index < -0.39 is 0 Å². The molecule has 0 atom stereocenters. The summed E-state index contributed by atoms with van der Waals surface area (Å²) in [6, 6.07) is 24.3. The zero-order valence-corrected chi connectivity index (χ0v) is 17.3. The molecule has 0 bridgehead atoms. The summed E-state index contributed by atoms with van der Waals surface area (Å²) < 4.78 is 1.71. The summed E-state index contributed by atoms with van der Waals surface area (Å²) in [5, 5.41) is 10.2. The van der Waals surface area contributed by atoms with Crippen molar-refractivity contribution in [3.8, 4) is 16.9 Å². The van der Waals surface area contributed by atoms with Crippen molar-refractivity contribution in [2.24, 2.45) is 0 Å². The molecule has 0 aliphatic rings. The first kappa shape index (κ1) is 20.1. The lowest BCUT2D eigenvalue weighted by Gasteiger charge is -2.06. The van der Waals surface area contributed by atoms with Crippen LogP contribution in [0.4, 0.5) is 5.69 Å². The Morgan fingerprint density at radius 1 is 0.839 bits per heavy atom. The smallest absolute Gasteiger partial charge is 0.259 e. The van der Waals surface area contributed by atoms with Crippen LogP contribution in [0.5, 0.6) is 0 Å². The van der Waals surface area contributed by atoms with Gasteiger partial charge in [0.2, 0.25) is 0 Å². The highest BCUT2D eigenvalue weighted by Crippen LogP contribution is 2.25. The number of hydrogen-bond donors (Lipinski definition) is 2. The third kappa shape index (κ3) is 4.38. The number of amides is 2. The molecule has 2 N–H and O–H groups in total. The van der Waals surface area contributed by atoms with Crippen molar-refractivity contribution in [1.82, 2.24) is 15.1 Å². The highest BCUT2D eigenvalue weighted by atomic mass is 16.2. The fourth-order valence-electron chi connectivity index (χ4n) is 3.23. The number of carbonyl (C=O) groups excluding carboxylic acids is 2. The number of anilines is 1. The van der Waals surface area contributed by atoms with Gasteiger partial charge in [-0.2, -0.15) is 5.10 Å². The summed E-state index contributed by atoms with van der Waals surface area (Å²) in [6.07, 6.45) is 1.74. The van der Waals surface area contributed by atoms with Gasteiger partial charge in [-0.05, 0) is 43.3 Å². The molecule has 154 valence electrons. The molecular formula is C25H22N4O2. The number of rotatable bonds is 5. The lowest BCUT2D eigenvalue weighted by Crippen LogP contribution is -2.18. The molecule has 3 aromatic carbocycles. The highest BCUT2D eigenvalue weighted by Gasteiger charge is 2.19. The average Bonchev–Trinajstić information content (AvgIpc) is 3.26. The van der Waals surface area contributed by atoms with Crippen molar-refractivity contribution in [2.75, 3.05) is 12.4 Å². The molecule has 6 heteroatoms. The second kappa shape index (κ2) is 8.67. The van der Waals surface area contributed by atoms with Crippen LogP contribution in [0.15, 0.2) is 85.1 Å². The summed E-state index contributed by atoms with van der Waals surface area (Å²) in [6.45, 7) is 2.02.